The lowest BCUT2D eigenvalue weighted by atomic mass is 10.2. The lowest BCUT2D eigenvalue weighted by molar-refractivity contribution is 0.111. The zero-order valence-corrected chi connectivity index (χ0v) is 8.37. The van der Waals surface area contributed by atoms with Crippen LogP contribution < -0.4 is 5.32 Å². The molecule has 0 aliphatic carbocycles. The largest absolute Gasteiger partial charge is 0.377 e. The van der Waals surface area contributed by atoms with Crippen LogP contribution in [0.15, 0.2) is 10.6 Å². The maximum atomic E-state index is 5.68. The van der Waals surface area contributed by atoms with Crippen LogP contribution in [0.2, 0.25) is 0 Å². The van der Waals surface area contributed by atoms with Crippen LogP contribution in [-0.2, 0) is 4.74 Å². The minimum Gasteiger partial charge on any atom is -0.377 e. The van der Waals surface area contributed by atoms with Crippen molar-refractivity contribution in [2.75, 3.05) is 19.7 Å². The van der Waals surface area contributed by atoms with E-state index in [4.69, 9.17) is 27.9 Å². The number of hydrogen-bond acceptors (Lipinski definition) is 2. The molecule has 1 saturated heterocycles. The van der Waals surface area contributed by atoms with Crippen LogP contribution in [0.5, 0.6) is 0 Å². The molecular weight excluding hydrogens is 197 g/mol. The Kier molecular flexibility index (Phi) is 5.00. The fraction of sp³-hybridized carbons (Fsp3) is 0.750. The van der Waals surface area contributed by atoms with Gasteiger partial charge in [0.1, 0.15) is 0 Å². The second-order valence-corrected chi connectivity index (χ2v) is 3.53. The minimum absolute atomic E-state index is 0.366. The van der Waals surface area contributed by atoms with Crippen molar-refractivity contribution in [1.82, 2.24) is 5.32 Å². The van der Waals surface area contributed by atoms with E-state index in [2.05, 4.69) is 5.32 Å². The summed E-state index contributed by atoms with van der Waals surface area (Å²) in [5, 5.41) is 3.80. The topological polar surface area (TPSA) is 21.3 Å². The first-order valence-electron chi connectivity index (χ1n) is 4.10. The van der Waals surface area contributed by atoms with Gasteiger partial charge in [-0.3, -0.25) is 0 Å². The van der Waals surface area contributed by atoms with E-state index in [0.717, 1.165) is 19.6 Å². The number of halogens is 2. The molecule has 0 aromatic heterocycles. The van der Waals surface area contributed by atoms with E-state index in [9.17, 15) is 0 Å². The van der Waals surface area contributed by atoms with Gasteiger partial charge in [-0.15, -0.1) is 0 Å². The molecule has 1 aliphatic rings. The monoisotopic (exact) mass is 209 g/mol. The zero-order chi connectivity index (χ0) is 8.81. The van der Waals surface area contributed by atoms with Crippen LogP contribution in [0.1, 0.15) is 12.8 Å². The van der Waals surface area contributed by atoms with Gasteiger partial charge in [0.25, 0.3) is 0 Å². The summed E-state index contributed by atoms with van der Waals surface area (Å²) in [6.45, 7) is 2.39. The Morgan fingerprint density at radius 3 is 3.08 bits per heavy atom. The maximum absolute atomic E-state index is 5.68. The summed E-state index contributed by atoms with van der Waals surface area (Å²) in [4.78, 5) is 0. The third-order valence-electron chi connectivity index (χ3n) is 1.81. The van der Waals surface area contributed by atoms with Crippen LogP contribution in [0.4, 0.5) is 0 Å². The SMILES string of the molecule is ClC=C(Cl)CNCC1CCCO1. The molecule has 1 rings (SSSR count). The number of hydrogen-bond donors (Lipinski definition) is 1. The summed E-state index contributed by atoms with van der Waals surface area (Å²) in [7, 11) is 0. The molecule has 1 heterocycles. The third-order valence-corrected chi connectivity index (χ3v) is 2.43. The number of nitrogens with one attached hydrogen (secondary N) is 1. The molecule has 0 bridgehead atoms. The third kappa shape index (κ3) is 3.76. The predicted molar refractivity (Wildman–Crippen MR) is 51.6 cm³/mol. The van der Waals surface area contributed by atoms with Crippen LogP contribution in [0, 0.1) is 0 Å². The van der Waals surface area contributed by atoms with Gasteiger partial charge < -0.3 is 10.1 Å². The Morgan fingerprint density at radius 2 is 2.50 bits per heavy atom. The van der Waals surface area contributed by atoms with E-state index in [0.29, 0.717) is 17.7 Å². The number of rotatable bonds is 4. The smallest absolute Gasteiger partial charge is 0.0700 e. The van der Waals surface area contributed by atoms with E-state index < -0.39 is 0 Å². The highest BCUT2D eigenvalue weighted by Crippen LogP contribution is 2.10. The molecule has 70 valence electrons. The predicted octanol–water partition coefficient (Wildman–Crippen LogP) is 2.07. The van der Waals surface area contributed by atoms with Crippen LogP contribution in [0.25, 0.3) is 0 Å². The van der Waals surface area contributed by atoms with Crippen LogP contribution in [-0.4, -0.2) is 25.8 Å². The summed E-state index contributed by atoms with van der Waals surface area (Å²) >= 11 is 11.1. The summed E-state index contributed by atoms with van der Waals surface area (Å²) < 4.78 is 5.41. The van der Waals surface area contributed by atoms with E-state index in [1.807, 2.05) is 0 Å². The molecule has 0 saturated carbocycles. The highest BCUT2D eigenvalue weighted by atomic mass is 35.5. The molecule has 1 unspecified atom stereocenters. The average molecular weight is 210 g/mol. The maximum Gasteiger partial charge on any atom is 0.0700 e. The normalized spacial score (nSPS) is 24.8. The lowest BCUT2D eigenvalue weighted by Crippen LogP contribution is -2.27. The molecule has 0 aromatic rings. The molecule has 1 atom stereocenters. The minimum atomic E-state index is 0.366. The highest BCUT2D eigenvalue weighted by Gasteiger charge is 2.14. The van der Waals surface area contributed by atoms with E-state index in [1.165, 1.54) is 12.0 Å². The van der Waals surface area contributed by atoms with E-state index in [-0.39, 0.29) is 0 Å². The Hall–Kier alpha value is 0.240. The Bertz CT molecular complexity index is 155. The standard InChI is InChI=1S/C8H13Cl2NO/c9-4-7(10)5-11-6-8-2-1-3-12-8/h4,8,11H,1-3,5-6H2. The highest BCUT2D eigenvalue weighted by molar-refractivity contribution is 6.36. The summed E-state index contributed by atoms with van der Waals surface area (Å²) in [5.74, 6) is 0. The van der Waals surface area contributed by atoms with Gasteiger partial charge in [0.05, 0.1) is 6.10 Å². The van der Waals surface area contributed by atoms with Crippen molar-refractivity contribution >= 4 is 23.2 Å². The Morgan fingerprint density at radius 1 is 1.67 bits per heavy atom. The van der Waals surface area contributed by atoms with Crippen molar-refractivity contribution in [2.45, 2.75) is 18.9 Å². The lowest BCUT2D eigenvalue weighted by Gasteiger charge is -2.09. The van der Waals surface area contributed by atoms with Gasteiger partial charge in [-0.2, -0.15) is 0 Å². The zero-order valence-electron chi connectivity index (χ0n) is 6.85. The molecule has 4 heteroatoms. The summed E-state index contributed by atoms with van der Waals surface area (Å²) in [6, 6.07) is 0. The van der Waals surface area contributed by atoms with Gasteiger partial charge in [-0.1, -0.05) is 23.2 Å². The first-order valence-corrected chi connectivity index (χ1v) is 4.91. The first-order chi connectivity index (χ1) is 5.83. The molecule has 0 aromatic carbocycles. The molecule has 1 fully saturated rings. The van der Waals surface area contributed by atoms with Crippen molar-refractivity contribution in [3.63, 3.8) is 0 Å². The second-order valence-electron chi connectivity index (χ2n) is 2.82. The Labute approximate surface area is 82.9 Å². The van der Waals surface area contributed by atoms with Crippen molar-refractivity contribution in [3.8, 4) is 0 Å². The fourth-order valence-corrected chi connectivity index (χ4v) is 1.37. The first kappa shape index (κ1) is 10.3. The van der Waals surface area contributed by atoms with Crippen molar-refractivity contribution in [1.29, 1.82) is 0 Å². The average Bonchev–Trinajstić information content (AvgIpc) is 2.57. The molecule has 0 radical (unpaired) electrons. The molecular formula is C8H13Cl2NO. The molecule has 1 N–H and O–H groups in total. The van der Waals surface area contributed by atoms with Gasteiger partial charge in [-0.05, 0) is 12.8 Å². The Balaban J connectivity index is 2.01. The van der Waals surface area contributed by atoms with E-state index in [1.54, 1.807) is 0 Å². The second kappa shape index (κ2) is 5.81. The molecule has 2 nitrogen and oxygen atoms in total. The van der Waals surface area contributed by atoms with Crippen molar-refractivity contribution < 1.29 is 4.74 Å². The molecule has 12 heavy (non-hydrogen) atoms. The van der Waals surface area contributed by atoms with Crippen molar-refractivity contribution in [3.05, 3.63) is 10.6 Å². The quantitative estimate of drug-likeness (QED) is 0.766. The molecule has 0 spiro atoms. The van der Waals surface area contributed by atoms with Gasteiger partial charge in [0.2, 0.25) is 0 Å². The van der Waals surface area contributed by atoms with Crippen LogP contribution in [0.3, 0.4) is 0 Å². The fourth-order valence-electron chi connectivity index (χ4n) is 1.20. The van der Waals surface area contributed by atoms with Gasteiger partial charge in [-0.25, -0.2) is 0 Å². The van der Waals surface area contributed by atoms with Gasteiger partial charge in [0, 0.05) is 30.3 Å². The van der Waals surface area contributed by atoms with Gasteiger partial charge >= 0.3 is 0 Å². The summed E-state index contributed by atoms with van der Waals surface area (Å²) in [6.07, 6.45) is 2.69. The van der Waals surface area contributed by atoms with Crippen molar-refractivity contribution in [2.24, 2.45) is 0 Å². The summed E-state index contributed by atoms with van der Waals surface area (Å²) in [5.41, 5.74) is 1.38. The number of ether oxygens (including phenoxy) is 1. The molecule has 0 amide bonds. The van der Waals surface area contributed by atoms with E-state index >= 15 is 0 Å². The van der Waals surface area contributed by atoms with Gasteiger partial charge in [0.15, 0.2) is 0 Å². The molecule has 1 aliphatic heterocycles. The van der Waals surface area contributed by atoms with Crippen LogP contribution >= 0.6 is 23.2 Å².